The number of ether oxygens (including phenoxy) is 2. The molecule has 0 aliphatic carbocycles. The van der Waals surface area contributed by atoms with Crippen LogP contribution in [0.1, 0.15) is 20.8 Å². The zero-order valence-corrected chi connectivity index (χ0v) is 16.0. The Morgan fingerprint density at radius 3 is 2.15 bits per heavy atom. The number of carbonyl (C=O) groups is 2. The Morgan fingerprint density at radius 1 is 0.963 bits per heavy atom. The molecule has 2 amide bonds. The molecule has 2 aromatic rings. The summed E-state index contributed by atoms with van der Waals surface area (Å²) in [6.45, 7) is 5.94. The second-order valence-electron chi connectivity index (χ2n) is 6.31. The number of nitrogens with one attached hydrogen (secondary N) is 1. The van der Waals surface area contributed by atoms with Crippen LogP contribution < -0.4 is 14.8 Å². The fourth-order valence-corrected chi connectivity index (χ4v) is 2.38. The summed E-state index contributed by atoms with van der Waals surface area (Å²) in [5.74, 6) is 1.58. The highest BCUT2D eigenvalue weighted by Crippen LogP contribution is 2.23. The predicted octanol–water partition coefficient (Wildman–Crippen LogP) is 3.23. The Balaban J connectivity index is 1.84. The fourth-order valence-electron chi connectivity index (χ4n) is 2.38. The van der Waals surface area contributed by atoms with Crippen LogP contribution in [0.5, 0.6) is 17.2 Å². The van der Waals surface area contributed by atoms with E-state index in [1.165, 1.54) is 4.90 Å². The zero-order chi connectivity index (χ0) is 19.6. The summed E-state index contributed by atoms with van der Waals surface area (Å²) in [6, 6.07) is 16.6. The number of amides is 2. The van der Waals surface area contributed by atoms with E-state index >= 15 is 0 Å². The van der Waals surface area contributed by atoms with Gasteiger partial charge in [-0.1, -0.05) is 18.2 Å². The van der Waals surface area contributed by atoms with Crippen molar-refractivity contribution >= 4 is 11.8 Å². The summed E-state index contributed by atoms with van der Waals surface area (Å²) in [7, 11) is 0. The number of rotatable bonds is 9. The normalized spacial score (nSPS) is 10.4. The Morgan fingerprint density at radius 2 is 1.56 bits per heavy atom. The van der Waals surface area contributed by atoms with Gasteiger partial charge in [-0.2, -0.15) is 0 Å². The van der Waals surface area contributed by atoms with Crippen molar-refractivity contribution in [1.82, 2.24) is 10.2 Å². The first-order chi connectivity index (χ1) is 13.0. The minimum atomic E-state index is -0.235. The lowest BCUT2D eigenvalue weighted by atomic mass is 10.3. The number of hydrogen-bond donors (Lipinski definition) is 1. The Kier molecular flexibility index (Phi) is 7.67. The van der Waals surface area contributed by atoms with Gasteiger partial charge in [-0.3, -0.25) is 9.59 Å². The smallest absolute Gasteiger partial charge is 0.260 e. The maximum atomic E-state index is 12.3. The quantitative estimate of drug-likeness (QED) is 0.736. The van der Waals surface area contributed by atoms with Crippen LogP contribution >= 0.6 is 0 Å². The van der Waals surface area contributed by atoms with Crippen LogP contribution in [-0.2, 0) is 9.59 Å². The second-order valence-corrected chi connectivity index (χ2v) is 6.31. The van der Waals surface area contributed by atoms with Crippen LogP contribution in [0, 0.1) is 0 Å². The summed E-state index contributed by atoms with van der Waals surface area (Å²) in [4.78, 5) is 25.6. The number of benzene rings is 2. The fraction of sp³-hybridized carbons (Fsp3) is 0.333. The van der Waals surface area contributed by atoms with Crippen molar-refractivity contribution in [1.29, 1.82) is 0 Å². The van der Waals surface area contributed by atoms with Crippen molar-refractivity contribution in [3.05, 3.63) is 54.6 Å². The van der Waals surface area contributed by atoms with E-state index < -0.39 is 0 Å². The molecule has 0 bridgehead atoms. The molecule has 0 aromatic heterocycles. The standard InChI is InChI=1S/C21H26N2O4/c1-4-23(14-20(24)22-16(2)3)21(25)15-26-17-10-12-19(13-11-17)27-18-8-6-5-7-9-18/h5-13,16H,4,14-15H2,1-3H3,(H,22,24). The number of carbonyl (C=O) groups excluding carboxylic acids is 2. The lowest BCUT2D eigenvalue weighted by molar-refractivity contribution is -0.137. The maximum absolute atomic E-state index is 12.3. The van der Waals surface area contributed by atoms with Crippen molar-refractivity contribution in [3.8, 4) is 17.2 Å². The minimum Gasteiger partial charge on any atom is -0.484 e. The number of likely N-dealkylation sites (N-methyl/N-ethyl adjacent to an activating group) is 1. The average molecular weight is 370 g/mol. The summed E-state index contributed by atoms with van der Waals surface area (Å²) in [5, 5.41) is 2.77. The highest BCUT2D eigenvalue weighted by Gasteiger charge is 2.16. The van der Waals surface area contributed by atoms with E-state index in [1.54, 1.807) is 24.3 Å². The molecule has 2 aromatic carbocycles. The first-order valence-corrected chi connectivity index (χ1v) is 9.00. The lowest BCUT2D eigenvalue weighted by Crippen LogP contribution is -2.44. The average Bonchev–Trinajstić information content (AvgIpc) is 2.65. The zero-order valence-electron chi connectivity index (χ0n) is 16.0. The lowest BCUT2D eigenvalue weighted by Gasteiger charge is -2.21. The first-order valence-electron chi connectivity index (χ1n) is 9.00. The molecular weight excluding hydrogens is 344 g/mol. The Labute approximate surface area is 160 Å². The van der Waals surface area contributed by atoms with Gasteiger partial charge in [-0.15, -0.1) is 0 Å². The molecule has 27 heavy (non-hydrogen) atoms. The van der Waals surface area contributed by atoms with Gasteiger partial charge in [0.1, 0.15) is 17.2 Å². The molecule has 0 saturated carbocycles. The monoisotopic (exact) mass is 370 g/mol. The molecule has 2 rings (SSSR count). The summed E-state index contributed by atoms with van der Waals surface area (Å²) < 4.78 is 11.3. The van der Waals surface area contributed by atoms with E-state index in [2.05, 4.69) is 5.32 Å². The van der Waals surface area contributed by atoms with Crippen molar-refractivity contribution in [2.75, 3.05) is 19.7 Å². The largest absolute Gasteiger partial charge is 0.484 e. The van der Waals surface area contributed by atoms with Crippen molar-refractivity contribution in [2.24, 2.45) is 0 Å². The molecule has 0 heterocycles. The highest BCUT2D eigenvalue weighted by atomic mass is 16.5. The van der Waals surface area contributed by atoms with Gasteiger partial charge < -0.3 is 19.7 Å². The molecule has 144 valence electrons. The Hall–Kier alpha value is -3.02. The van der Waals surface area contributed by atoms with Gasteiger partial charge in [0.25, 0.3) is 5.91 Å². The van der Waals surface area contributed by atoms with E-state index in [1.807, 2.05) is 51.1 Å². The molecule has 0 fully saturated rings. The van der Waals surface area contributed by atoms with Crippen molar-refractivity contribution in [2.45, 2.75) is 26.8 Å². The van der Waals surface area contributed by atoms with Crippen LogP contribution in [0.2, 0.25) is 0 Å². The molecule has 0 unspecified atom stereocenters. The van der Waals surface area contributed by atoms with E-state index in [0.29, 0.717) is 18.0 Å². The van der Waals surface area contributed by atoms with Crippen LogP contribution in [0.4, 0.5) is 0 Å². The van der Waals surface area contributed by atoms with Gasteiger partial charge in [-0.05, 0) is 57.2 Å². The minimum absolute atomic E-state index is 0.0285. The highest BCUT2D eigenvalue weighted by molar-refractivity contribution is 5.85. The van der Waals surface area contributed by atoms with Gasteiger partial charge in [0, 0.05) is 12.6 Å². The van der Waals surface area contributed by atoms with E-state index in [-0.39, 0.29) is 31.0 Å². The molecule has 6 heteroatoms. The molecule has 0 atom stereocenters. The molecule has 0 aliphatic rings. The summed E-state index contributed by atoms with van der Waals surface area (Å²) in [5.41, 5.74) is 0. The number of para-hydroxylation sites is 1. The molecular formula is C21H26N2O4. The second kappa shape index (κ2) is 10.2. The Bertz CT molecular complexity index is 730. The molecule has 0 radical (unpaired) electrons. The van der Waals surface area contributed by atoms with E-state index in [9.17, 15) is 9.59 Å². The number of hydrogen-bond acceptors (Lipinski definition) is 4. The third-order valence-corrected chi connectivity index (χ3v) is 3.68. The van der Waals surface area contributed by atoms with Crippen molar-refractivity contribution < 1.29 is 19.1 Å². The van der Waals surface area contributed by atoms with Crippen LogP contribution in [0.3, 0.4) is 0 Å². The van der Waals surface area contributed by atoms with Crippen LogP contribution in [0.15, 0.2) is 54.6 Å². The molecule has 6 nitrogen and oxygen atoms in total. The SMILES string of the molecule is CCN(CC(=O)NC(C)C)C(=O)COc1ccc(Oc2ccccc2)cc1. The van der Waals surface area contributed by atoms with Crippen LogP contribution in [0.25, 0.3) is 0 Å². The predicted molar refractivity (Wildman–Crippen MR) is 104 cm³/mol. The summed E-state index contributed by atoms with van der Waals surface area (Å²) >= 11 is 0. The van der Waals surface area contributed by atoms with E-state index in [0.717, 1.165) is 5.75 Å². The van der Waals surface area contributed by atoms with Gasteiger partial charge in [0.2, 0.25) is 5.91 Å². The van der Waals surface area contributed by atoms with Gasteiger partial charge in [0.15, 0.2) is 6.61 Å². The topological polar surface area (TPSA) is 67.9 Å². The first kappa shape index (κ1) is 20.3. The molecule has 0 saturated heterocycles. The van der Waals surface area contributed by atoms with Crippen LogP contribution in [-0.4, -0.2) is 42.5 Å². The number of nitrogens with zero attached hydrogens (tertiary/aromatic N) is 1. The molecule has 1 N–H and O–H groups in total. The maximum Gasteiger partial charge on any atom is 0.260 e. The molecule has 0 spiro atoms. The molecule has 0 aliphatic heterocycles. The van der Waals surface area contributed by atoms with Gasteiger partial charge in [-0.25, -0.2) is 0 Å². The van der Waals surface area contributed by atoms with Gasteiger partial charge in [0.05, 0.1) is 6.54 Å². The van der Waals surface area contributed by atoms with E-state index in [4.69, 9.17) is 9.47 Å². The van der Waals surface area contributed by atoms with Crippen molar-refractivity contribution in [3.63, 3.8) is 0 Å². The third-order valence-electron chi connectivity index (χ3n) is 3.68. The summed E-state index contributed by atoms with van der Waals surface area (Å²) in [6.07, 6.45) is 0. The van der Waals surface area contributed by atoms with Gasteiger partial charge >= 0.3 is 0 Å². The third kappa shape index (κ3) is 7.01.